The Morgan fingerprint density at radius 2 is 2.00 bits per heavy atom. The molecule has 0 radical (unpaired) electrons. The summed E-state index contributed by atoms with van der Waals surface area (Å²) >= 11 is 0. The van der Waals surface area contributed by atoms with Gasteiger partial charge >= 0.3 is 0 Å². The molecule has 3 saturated heterocycles. The van der Waals surface area contributed by atoms with E-state index in [-0.39, 0.29) is 11.7 Å². The van der Waals surface area contributed by atoms with Crippen molar-refractivity contribution in [2.75, 3.05) is 32.9 Å². The molecule has 0 N–H and O–H groups in total. The van der Waals surface area contributed by atoms with Crippen LogP contribution >= 0.6 is 0 Å². The summed E-state index contributed by atoms with van der Waals surface area (Å²) in [4.78, 5) is 10.8. The Bertz CT molecular complexity index is 487. The van der Waals surface area contributed by atoms with E-state index in [0.717, 1.165) is 58.6 Å². The highest BCUT2D eigenvalue weighted by molar-refractivity contribution is 5.06. The second-order valence-electron chi connectivity index (χ2n) is 6.56. The zero-order valence-electron chi connectivity index (χ0n) is 12.8. The molecular weight excluding hydrogens is 282 g/mol. The maximum Gasteiger partial charge on any atom is 0.232 e. The molecule has 3 fully saturated rings. The molecule has 0 saturated carbocycles. The Balaban J connectivity index is 1.32. The molecule has 0 aliphatic carbocycles. The maximum atomic E-state index is 6.10. The fraction of sp³-hybridized carbons (Fsp3) is 0.750. The molecule has 0 amide bonds. The van der Waals surface area contributed by atoms with Crippen molar-refractivity contribution in [3.8, 4) is 5.88 Å². The minimum Gasteiger partial charge on any atom is -0.473 e. The second-order valence-corrected chi connectivity index (χ2v) is 6.56. The lowest BCUT2D eigenvalue weighted by Crippen LogP contribution is -2.68. The Morgan fingerprint density at radius 1 is 1.14 bits per heavy atom. The zero-order chi connectivity index (χ0) is 14.8. The average molecular weight is 305 g/mol. The summed E-state index contributed by atoms with van der Waals surface area (Å²) in [5, 5.41) is 0. The van der Waals surface area contributed by atoms with Crippen LogP contribution in [0, 0.1) is 0 Å². The van der Waals surface area contributed by atoms with Crippen LogP contribution in [0.25, 0.3) is 0 Å². The van der Waals surface area contributed by atoms with Crippen molar-refractivity contribution in [1.82, 2.24) is 14.9 Å². The Labute approximate surface area is 130 Å². The fourth-order valence-electron chi connectivity index (χ4n) is 3.82. The predicted molar refractivity (Wildman–Crippen MR) is 79.8 cm³/mol. The van der Waals surface area contributed by atoms with Gasteiger partial charge in [-0.3, -0.25) is 9.88 Å². The molecule has 120 valence electrons. The molecule has 0 unspecified atom stereocenters. The van der Waals surface area contributed by atoms with E-state index in [1.165, 1.54) is 0 Å². The summed E-state index contributed by atoms with van der Waals surface area (Å²) in [5.41, 5.74) is -0.0105. The Kier molecular flexibility index (Phi) is 3.98. The molecule has 4 rings (SSSR count). The Morgan fingerprint density at radius 3 is 2.77 bits per heavy atom. The van der Waals surface area contributed by atoms with Gasteiger partial charge in [-0.15, -0.1) is 0 Å². The molecule has 1 aromatic rings. The molecule has 0 bridgehead atoms. The quantitative estimate of drug-likeness (QED) is 0.838. The van der Waals surface area contributed by atoms with Crippen molar-refractivity contribution in [3.63, 3.8) is 0 Å². The van der Waals surface area contributed by atoms with E-state index in [4.69, 9.17) is 14.2 Å². The number of ether oxygens (including phenoxy) is 3. The molecule has 6 heteroatoms. The lowest BCUT2D eigenvalue weighted by atomic mass is 9.83. The molecule has 1 atom stereocenters. The van der Waals surface area contributed by atoms with Gasteiger partial charge in [0.2, 0.25) is 5.88 Å². The first-order valence-corrected chi connectivity index (χ1v) is 8.21. The monoisotopic (exact) mass is 305 g/mol. The van der Waals surface area contributed by atoms with Crippen LogP contribution < -0.4 is 4.74 Å². The van der Waals surface area contributed by atoms with Crippen molar-refractivity contribution in [2.45, 2.75) is 43.4 Å². The number of nitrogens with zero attached hydrogens (tertiary/aromatic N) is 3. The third-order valence-electron chi connectivity index (χ3n) is 4.96. The molecule has 4 heterocycles. The third kappa shape index (κ3) is 2.95. The fourth-order valence-corrected chi connectivity index (χ4v) is 3.82. The first-order valence-electron chi connectivity index (χ1n) is 8.21. The minimum atomic E-state index is -0.0105. The Hall–Kier alpha value is -1.24. The largest absolute Gasteiger partial charge is 0.473 e. The zero-order valence-corrected chi connectivity index (χ0v) is 12.8. The van der Waals surface area contributed by atoms with Crippen molar-refractivity contribution in [2.24, 2.45) is 0 Å². The van der Waals surface area contributed by atoms with Gasteiger partial charge in [0.05, 0.1) is 18.4 Å². The van der Waals surface area contributed by atoms with Gasteiger partial charge in [-0.25, -0.2) is 4.98 Å². The summed E-state index contributed by atoms with van der Waals surface area (Å²) < 4.78 is 17.5. The van der Waals surface area contributed by atoms with Crippen LogP contribution in [-0.2, 0) is 9.47 Å². The van der Waals surface area contributed by atoms with Gasteiger partial charge in [0.25, 0.3) is 0 Å². The summed E-state index contributed by atoms with van der Waals surface area (Å²) in [7, 11) is 0. The molecule has 0 aromatic carbocycles. The molecular formula is C16H23N3O3. The lowest BCUT2D eigenvalue weighted by molar-refractivity contribution is -0.200. The lowest BCUT2D eigenvalue weighted by Gasteiger charge is -2.55. The normalized spacial score (nSPS) is 29.2. The summed E-state index contributed by atoms with van der Waals surface area (Å²) in [6.45, 7) is 4.61. The van der Waals surface area contributed by atoms with Crippen LogP contribution in [-0.4, -0.2) is 65.5 Å². The van der Waals surface area contributed by atoms with Crippen LogP contribution in [0.5, 0.6) is 5.88 Å². The van der Waals surface area contributed by atoms with Crippen molar-refractivity contribution in [1.29, 1.82) is 0 Å². The number of rotatable bonds is 3. The van der Waals surface area contributed by atoms with Gasteiger partial charge in [0, 0.05) is 57.6 Å². The molecule has 3 aliphatic rings. The number of likely N-dealkylation sites (tertiary alicyclic amines) is 1. The van der Waals surface area contributed by atoms with E-state index < -0.39 is 0 Å². The van der Waals surface area contributed by atoms with Gasteiger partial charge in [-0.1, -0.05) is 0 Å². The first-order chi connectivity index (χ1) is 10.8. The molecule has 3 aliphatic heterocycles. The molecule has 1 aromatic heterocycles. The molecule has 1 spiro atoms. The second kappa shape index (κ2) is 6.10. The van der Waals surface area contributed by atoms with Crippen LogP contribution in [0.4, 0.5) is 0 Å². The van der Waals surface area contributed by atoms with Crippen LogP contribution in [0.1, 0.15) is 25.7 Å². The summed E-state index contributed by atoms with van der Waals surface area (Å²) in [6, 6.07) is 0.671. The summed E-state index contributed by atoms with van der Waals surface area (Å²) in [6.07, 6.45) is 9.36. The van der Waals surface area contributed by atoms with E-state index in [1.807, 2.05) is 0 Å². The number of hydrogen-bond donors (Lipinski definition) is 0. The van der Waals surface area contributed by atoms with E-state index in [0.29, 0.717) is 11.9 Å². The predicted octanol–water partition coefficient (Wildman–Crippen LogP) is 1.27. The highest BCUT2D eigenvalue weighted by Crippen LogP contribution is 2.37. The van der Waals surface area contributed by atoms with Gasteiger partial charge < -0.3 is 14.2 Å². The number of aromatic nitrogens is 2. The topological polar surface area (TPSA) is 56.7 Å². The van der Waals surface area contributed by atoms with Crippen LogP contribution in [0.15, 0.2) is 18.6 Å². The first kappa shape index (κ1) is 14.4. The standard InChI is InChI=1S/C16H23N3O3/c1-6-20-7-2-13(1)19-11-16(12-19)9-14(3-8-21-16)22-15-10-17-4-5-18-15/h4-5,10,13-14H,1-3,6-9,11-12H2/t14-/m0/s1. The van der Waals surface area contributed by atoms with Crippen molar-refractivity contribution >= 4 is 0 Å². The van der Waals surface area contributed by atoms with Crippen molar-refractivity contribution in [3.05, 3.63) is 18.6 Å². The highest BCUT2D eigenvalue weighted by atomic mass is 16.5. The highest BCUT2D eigenvalue weighted by Gasteiger charge is 2.50. The average Bonchev–Trinajstić information content (AvgIpc) is 2.54. The van der Waals surface area contributed by atoms with Crippen LogP contribution in [0.3, 0.4) is 0 Å². The van der Waals surface area contributed by atoms with E-state index >= 15 is 0 Å². The minimum absolute atomic E-state index is 0.0105. The van der Waals surface area contributed by atoms with E-state index in [9.17, 15) is 0 Å². The van der Waals surface area contributed by atoms with Crippen molar-refractivity contribution < 1.29 is 14.2 Å². The van der Waals surface area contributed by atoms with E-state index in [1.54, 1.807) is 18.6 Å². The number of hydrogen-bond acceptors (Lipinski definition) is 6. The SMILES string of the molecule is c1cnc(O[C@H]2CCOC3(C2)CN(C2CCOCC2)C3)cn1. The third-order valence-corrected chi connectivity index (χ3v) is 4.96. The van der Waals surface area contributed by atoms with E-state index in [2.05, 4.69) is 14.9 Å². The van der Waals surface area contributed by atoms with Gasteiger partial charge in [-0.05, 0) is 12.8 Å². The smallest absolute Gasteiger partial charge is 0.232 e. The van der Waals surface area contributed by atoms with Gasteiger partial charge in [0.1, 0.15) is 6.10 Å². The molecule has 6 nitrogen and oxygen atoms in total. The van der Waals surface area contributed by atoms with Gasteiger partial charge in [0.15, 0.2) is 0 Å². The summed E-state index contributed by atoms with van der Waals surface area (Å²) in [5.74, 6) is 0.616. The van der Waals surface area contributed by atoms with Crippen LogP contribution in [0.2, 0.25) is 0 Å². The maximum absolute atomic E-state index is 6.10. The van der Waals surface area contributed by atoms with Gasteiger partial charge in [-0.2, -0.15) is 0 Å². The molecule has 22 heavy (non-hydrogen) atoms.